The van der Waals surface area contributed by atoms with E-state index in [9.17, 15) is 4.39 Å². The Morgan fingerprint density at radius 1 is 1.16 bits per heavy atom. The van der Waals surface area contributed by atoms with Crippen LogP contribution in [-0.2, 0) is 6.54 Å². The number of nitrogens with one attached hydrogen (secondary N) is 1. The highest BCUT2D eigenvalue weighted by Gasteiger charge is 2.20. The van der Waals surface area contributed by atoms with Crippen molar-refractivity contribution in [3.8, 4) is 0 Å². The number of aryl methyl sites for hydroxylation is 1. The zero-order chi connectivity index (χ0) is 17.8. The fourth-order valence-corrected chi connectivity index (χ4v) is 4.25. The summed E-state index contributed by atoms with van der Waals surface area (Å²) in [5, 5.41) is 3.56. The molecule has 5 heteroatoms. The number of thiophene rings is 1. The number of hydrogen-bond donors (Lipinski definition) is 1. The average molecular weight is 362 g/mol. The minimum Gasteiger partial charge on any atom is -0.369 e. The first-order valence-corrected chi connectivity index (χ1v) is 9.94. The SMILES string of the molecule is CCN1CCN(c2ccc(F)cc2C(C)NCc2ccc(C)s2)CC1. The number of piperazine rings is 1. The Morgan fingerprint density at radius 3 is 2.56 bits per heavy atom. The van der Waals surface area contributed by atoms with Crippen molar-refractivity contribution in [2.24, 2.45) is 0 Å². The molecule has 3 nitrogen and oxygen atoms in total. The van der Waals surface area contributed by atoms with Crippen LogP contribution in [0.3, 0.4) is 0 Å². The maximum atomic E-state index is 13.9. The zero-order valence-corrected chi connectivity index (χ0v) is 16.2. The smallest absolute Gasteiger partial charge is 0.123 e. The molecule has 3 rings (SSSR count). The van der Waals surface area contributed by atoms with Gasteiger partial charge in [0.2, 0.25) is 0 Å². The lowest BCUT2D eigenvalue weighted by molar-refractivity contribution is 0.271. The number of rotatable bonds is 6. The molecule has 0 spiro atoms. The summed E-state index contributed by atoms with van der Waals surface area (Å²) in [5.41, 5.74) is 2.22. The van der Waals surface area contributed by atoms with Crippen LogP contribution >= 0.6 is 11.3 Å². The first kappa shape index (κ1) is 18.4. The van der Waals surface area contributed by atoms with Gasteiger partial charge >= 0.3 is 0 Å². The van der Waals surface area contributed by atoms with E-state index in [4.69, 9.17) is 0 Å². The highest BCUT2D eigenvalue weighted by atomic mass is 32.1. The lowest BCUT2D eigenvalue weighted by Gasteiger charge is -2.37. The maximum Gasteiger partial charge on any atom is 0.123 e. The van der Waals surface area contributed by atoms with E-state index in [0.29, 0.717) is 0 Å². The van der Waals surface area contributed by atoms with Crippen molar-refractivity contribution in [2.45, 2.75) is 33.4 Å². The van der Waals surface area contributed by atoms with E-state index in [1.807, 2.05) is 17.4 Å². The van der Waals surface area contributed by atoms with Crippen LogP contribution in [0.15, 0.2) is 30.3 Å². The molecule has 2 heterocycles. The summed E-state index contributed by atoms with van der Waals surface area (Å²) in [5.74, 6) is -0.161. The van der Waals surface area contributed by atoms with Crippen molar-refractivity contribution in [3.05, 3.63) is 51.5 Å². The molecule has 1 aliphatic rings. The van der Waals surface area contributed by atoms with Crippen LogP contribution < -0.4 is 10.2 Å². The molecule has 0 bridgehead atoms. The Bertz CT molecular complexity index is 692. The monoisotopic (exact) mass is 361 g/mol. The molecule has 136 valence electrons. The van der Waals surface area contributed by atoms with Crippen LogP contribution in [0.5, 0.6) is 0 Å². The molecule has 1 fully saturated rings. The first-order valence-electron chi connectivity index (χ1n) is 9.12. The second kappa shape index (κ2) is 8.30. The van der Waals surface area contributed by atoms with Gasteiger partial charge in [-0.25, -0.2) is 4.39 Å². The fraction of sp³-hybridized carbons (Fsp3) is 0.500. The lowest BCUT2D eigenvalue weighted by Crippen LogP contribution is -2.46. The summed E-state index contributed by atoms with van der Waals surface area (Å²) in [7, 11) is 0. The lowest BCUT2D eigenvalue weighted by atomic mass is 10.0. The molecule has 1 aromatic carbocycles. The van der Waals surface area contributed by atoms with Gasteiger partial charge in [0.15, 0.2) is 0 Å². The summed E-state index contributed by atoms with van der Waals surface area (Å²) in [6, 6.07) is 9.64. The van der Waals surface area contributed by atoms with E-state index in [0.717, 1.165) is 44.8 Å². The second-order valence-corrected chi connectivity index (χ2v) is 8.11. The summed E-state index contributed by atoms with van der Waals surface area (Å²) >= 11 is 1.81. The van der Waals surface area contributed by atoms with Gasteiger partial charge in [-0.15, -0.1) is 11.3 Å². The third-order valence-corrected chi connectivity index (χ3v) is 6.00. The van der Waals surface area contributed by atoms with E-state index < -0.39 is 0 Å². The molecule has 1 unspecified atom stereocenters. The molecule has 0 amide bonds. The van der Waals surface area contributed by atoms with Crippen molar-refractivity contribution in [1.29, 1.82) is 0 Å². The summed E-state index contributed by atoms with van der Waals surface area (Å²) in [6.45, 7) is 12.5. The second-order valence-electron chi connectivity index (χ2n) is 6.74. The minimum absolute atomic E-state index is 0.109. The molecule has 1 saturated heterocycles. The highest BCUT2D eigenvalue weighted by Crippen LogP contribution is 2.29. The van der Waals surface area contributed by atoms with Crippen molar-refractivity contribution in [2.75, 3.05) is 37.6 Å². The molecule has 0 saturated carbocycles. The molecule has 1 aliphatic heterocycles. The Labute approximate surface area is 154 Å². The quantitative estimate of drug-likeness (QED) is 0.832. The van der Waals surface area contributed by atoms with Gasteiger partial charge in [0, 0.05) is 54.2 Å². The number of likely N-dealkylation sites (N-methyl/N-ethyl adjacent to an activating group) is 1. The molecule has 1 aromatic heterocycles. The van der Waals surface area contributed by atoms with Gasteiger partial charge in [-0.1, -0.05) is 6.92 Å². The summed E-state index contributed by atoms with van der Waals surface area (Å²) in [4.78, 5) is 7.50. The van der Waals surface area contributed by atoms with E-state index in [1.165, 1.54) is 15.4 Å². The third kappa shape index (κ3) is 4.60. The Morgan fingerprint density at radius 2 is 1.92 bits per heavy atom. The van der Waals surface area contributed by atoms with Crippen molar-refractivity contribution in [1.82, 2.24) is 10.2 Å². The molecule has 2 aromatic rings. The van der Waals surface area contributed by atoms with Gasteiger partial charge in [0.25, 0.3) is 0 Å². The number of nitrogens with zero attached hydrogens (tertiary/aromatic N) is 2. The summed E-state index contributed by atoms with van der Waals surface area (Å²) in [6.07, 6.45) is 0. The third-order valence-electron chi connectivity index (χ3n) is 4.99. The average Bonchev–Trinajstić information content (AvgIpc) is 3.05. The molecule has 1 atom stereocenters. The van der Waals surface area contributed by atoms with Crippen molar-refractivity contribution < 1.29 is 4.39 Å². The Hall–Kier alpha value is -1.43. The summed E-state index contributed by atoms with van der Waals surface area (Å²) < 4.78 is 13.9. The predicted octanol–water partition coefficient (Wildman–Crippen LogP) is 4.19. The largest absolute Gasteiger partial charge is 0.369 e. The number of anilines is 1. The Balaban J connectivity index is 1.72. The highest BCUT2D eigenvalue weighted by molar-refractivity contribution is 7.11. The van der Waals surface area contributed by atoms with Crippen LogP contribution in [0, 0.1) is 12.7 Å². The van der Waals surface area contributed by atoms with Crippen LogP contribution in [0.25, 0.3) is 0 Å². The fourth-order valence-electron chi connectivity index (χ4n) is 3.41. The Kier molecular flexibility index (Phi) is 6.10. The minimum atomic E-state index is -0.161. The van der Waals surface area contributed by atoms with Crippen LogP contribution in [0.4, 0.5) is 10.1 Å². The van der Waals surface area contributed by atoms with Gasteiger partial charge in [-0.3, -0.25) is 0 Å². The van der Waals surface area contributed by atoms with E-state index >= 15 is 0 Å². The van der Waals surface area contributed by atoms with Crippen molar-refractivity contribution >= 4 is 17.0 Å². The standard InChI is InChI=1S/C20H28FN3S/c1-4-23-9-11-24(12-10-23)20-8-6-17(21)13-19(20)16(3)22-14-18-7-5-15(2)25-18/h5-8,13,16,22H,4,9-12,14H2,1-3H3. The number of benzene rings is 1. The van der Waals surface area contributed by atoms with Gasteiger partial charge < -0.3 is 15.1 Å². The first-order chi connectivity index (χ1) is 12.1. The molecule has 0 radical (unpaired) electrons. The predicted molar refractivity (Wildman–Crippen MR) is 105 cm³/mol. The van der Waals surface area contributed by atoms with Crippen LogP contribution in [-0.4, -0.2) is 37.6 Å². The number of hydrogen-bond acceptors (Lipinski definition) is 4. The van der Waals surface area contributed by atoms with Crippen LogP contribution in [0.2, 0.25) is 0 Å². The zero-order valence-electron chi connectivity index (χ0n) is 15.4. The maximum absolute atomic E-state index is 13.9. The van der Waals surface area contributed by atoms with Gasteiger partial charge in [0.05, 0.1) is 0 Å². The van der Waals surface area contributed by atoms with Gasteiger partial charge in [-0.05, 0) is 56.3 Å². The molecule has 0 aliphatic carbocycles. The van der Waals surface area contributed by atoms with E-state index in [-0.39, 0.29) is 11.9 Å². The molecule has 1 N–H and O–H groups in total. The topological polar surface area (TPSA) is 18.5 Å². The van der Waals surface area contributed by atoms with Crippen LogP contribution in [0.1, 0.15) is 35.2 Å². The van der Waals surface area contributed by atoms with E-state index in [2.05, 4.69) is 48.0 Å². The number of halogens is 1. The molecular formula is C20H28FN3S. The van der Waals surface area contributed by atoms with Gasteiger partial charge in [0.1, 0.15) is 5.82 Å². The molecule has 25 heavy (non-hydrogen) atoms. The normalized spacial score (nSPS) is 17.0. The van der Waals surface area contributed by atoms with E-state index in [1.54, 1.807) is 12.1 Å². The van der Waals surface area contributed by atoms with Crippen molar-refractivity contribution in [3.63, 3.8) is 0 Å². The molecular weight excluding hydrogens is 333 g/mol. The van der Waals surface area contributed by atoms with Gasteiger partial charge in [-0.2, -0.15) is 0 Å².